The number of nitrogens with one attached hydrogen (secondary N) is 2. The third-order valence-electron chi connectivity index (χ3n) is 3.46. The fourth-order valence-electron chi connectivity index (χ4n) is 2.18. The first kappa shape index (κ1) is 18.3. The number of aromatic nitrogens is 1. The minimum absolute atomic E-state index is 0.0388. The van der Waals surface area contributed by atoms with E-state index in [1.807, 2.05) is 31.3 Å². The van der Waals surface area contributed by atoms with E-state index in [-0.39, 0.29) is 6.10 Å². The Labute approximate surface area is 148 Å². The zero-order chi connectivity index (χ0) is 17.4. The summed E-state index contributed by atoms with van der Waals surface area (Å²) < 4.78 is 5.92. The molecule has 0 aliphatic heterocycles. The molecule has 1 aromatic heterocycles. The highest BCUT2D eigenvalue weighted by atomic mass is 32.1. The predicted octanol–water partition coefficient (Wildman–Crippen LogP) is 3.15. The van der Waals surface area contributed by atoms with Crippen LogP contribution in [0.25, 0.3) is 0 Å². The minimum Gasteiger partial charge on any atom is -0.489 e. The molecule has 0 saturated carbocycles. The van der Waals surface area contributed by atoms with E-state index in [9.17, 15) is 0 Å². The van der Waals surface area contributed by atoms with E-state index in [0.717, 1.165) is 23.1 Å². The molecule has 0 radical (unpaired) electrons. The van der Waals surface area contributed by atoms with Gasteiger partial charge in [-0.25, -0.2) is 4.98 Å². The van der Waals surface area contributed by atoms with E-state index in [1.165, 1.54) is 10.4 Å². The summed E-state index contributed by atoms with van der Waals surface area (Å²) in [5.74, 6) is 1.64. The van der Waals surface area contributed by atoms with Gasteiger partial charge in [-0.05, 0) is 38.0 Å². The van der Waals surface area contributed by atoms with Crippen LogP contribution in [0.15, 0.2) is 35.5 Å². The van der Waals surface area contributed by atoms with Gasteiger partial charge in [0.05, 0.1) is 13.1 Å². The van der Waals surface area contributed by atoms with Gasteiger partial charge in [0.2, 0.25) is 0 Å². The fraction of sp³-hybridized carbons (Fsp3) is 0.444. The Bertz CT molecular complexity index is 669. The summed E-state index contributed by atoms with van der Waals surface area (Å²) in [6.07, 6.45) is 3.01. The second-order valence-electron chi connectivity index (χ2n) is 5.63. The smallest absolute Gasteiger partial charge is 0.191 e. The van der Waals surface area contributed by atoms with Crippen LogP contribution in [-0.4, -0.2) is 30.6 Å². The second kappa shape index (κ2) is 9.27. The monoisotopic (exact) mass is 346 g/mol. The lowest BCUT2D eigenvalue weighted by Gasteiger charge is -2.17. The average Bonchev–Trinajstić information content (AvgIpc) is 3.03. The molecule has 0 aliphatic carbocycles. The van der Waals surface area contributed by atoms with Crippen molar-refractivity contribution in [3.8, 4) is 5.75 Å². The van der Waals surface area contributed by atoms with Crippen LogP contribution in [0.2, 0.25) is 0 Å². The van der Waals surface area contributed by atoms with Crippen molar-refractivity contribution >= 4 is 17.3 Å². The Morgan fingerprint density at radius 1 is 1.38 bits per heavy atom. The number of aryl methyl sites for hydroxylation is 2. The molecule has 0 aliphatic rings. The number of guanidine groups is 1. The number of benzene rings is 1. The summed E-state index contributed by atoms with van der Waals surface area (Å²) in [5.41, 5.74) is 1.19. The summed E-state index contributed by atoms with van der Waals surface area (Å²) in [7, 11) is 1.76. The summed E-state index contributed by atoms with van der Waals surface area (Å²) in [4.78, 5) is 9.94. The third kappa shape index (κ3) is 5.85. The lowest BCUT2D eigenvalue weighted by Crippen LogP contribution is -2.41. The van der Waals surface area contributed by atoms with Crippen molar-refractivity contribution in [3.05, 3.63) is 45.9 Å². The third-order valence-corrected chi connectivity index (χ3v) is 4.61. The zero-order valence-electron chi connectivity index (χ0n) is 14.8. The largest absolute Gasteiger partial charge is 0.489 e. The van der Waals surface area contributed by atoms with Crippen LogP contribution in [-0.2, 0) is 13.0 Å². The molecule has 0 amide bonds. The van der Waals surface area contributed by atoms with Crippen LogP contribution < -0.4 is 15.4 Å². The molecule has 2 N–H and O–H groups in total. The maximum atomic E-state index is 5.92. The summed E-state index contributed by atoms with van der Waals surface area (Å²) in [5, 5.41) is 7.64. The van der Waals surface area contributed by atoms with Crippen molar-refractivity contribution in [2.24, 2.45) is 4.99 Å². The molecule has 1 atom stereocenters. The van der Waals surface area contributed by atoms with Gasteiger partial charge < -0.3 is 15.4 Å². The fourth-order valence-corrected chi connectivity index (χ4v) is 2.98. The van der Waals surface area contributed by atoms with Gasteiger partial charge in [-0.1, -0.05) is 19.1 Å². The molecule has 0 saturated heterocycles. The number of thiazole rings is 1. The molecule has 1 unspecified atom stereocenters. The van der Waals surface area contributed by atoms with Gasteiger partial charge in [0.1, 0.15) is 16.9 Å². The molecular weight excluding hydrogens is 320 g/mol. The molecule has 130 valence electrons. The molecule has 0 spiro atoms. The highest BCUT2D eigenvalue weighted by Gasteiger charge is 2.07. The van der Waals surface area contributed by atoms with E-state index < -0.39 is 0 Å². The lowest BCUT2D eigenvalue weighted by atomic mass is 10.2. The first-order valence-corrected chi connectivity index (χ1v) is 9.03. The van der Waals surface area contributed by atoms with E-state index in [0.29, 0.717) is 13.1 Å². The average molecular weight is 347 g/mol. The summed E-state index contributed by atoms with van der Waals surface area (Å²) in [6.45, 7) is 7.59. The van der Waals surface area contributed by atoms with E-state index >= 15 is 0 Å². The summed E-state index contributed by atoms with van der Waals surface area (Å²) >= 11 is 1.73. The Morgan fingerprint density at radius 2 is 2.21 bits per heavy atom. The number of ether oxygens (including phenoxy) is 1. The Kier molecular flexibility index (Phi) is 7.06. The number of nitrogens with zero attached hydrogens (tertiary/aromatic N) is 2. The maximum Gasteiger partial charge on any atom is 0.191 e. The van der Waals surface area contributed by atoms with Gasteiger partial charge in [0.15, 0.2) is 5.96 Å². The molecule has 2 aromatic rings. The maximum absolute atomic E-state index is 5.92. The van der Waals surface area contributed by atoms with Gasteiger partial charge in [0, 0.05) is 18.1 Å². The molecule has 5 nitrogen and oxygen atoms in total. The van der Waals surface area contributed by atoms with Gasteiger partial charge in [0.25, 0.3) is 0 Å². The predicted molar refractivity (Wildman–Crippen MR) is 101 cm³/mol. The van der Waals surface area contributed by atoms with Crippen LogP contribution in [0.3, 0.4) is 0 Å². The SMILES string of the molecule is CCc1cnc(CNC(=NC)NCC(C)Oc2cccc(C)c2)s1. The quantitative estimate of drug-likeness (QED) is 0.597. The van der Waals surface area contributed by atoms with E-state index in [1.54, 1.807) is 18.4 Å². The Morgan fingerprint density at radius 3 is 2.88 bits per heavy atom. The summed E-state index contributed by atoms with van der Waals surface area (Å²) in [6, 6.07) is 8.08. The molecule has 6 heteroatoms. The standard InChI is InChI=1S/C18H26N4OS/c1-5-16-11-20-17(24-16)12-22-18(19-4)21-10-14(3)23-15-8-6-7-13(2)9-15/h6-9,11,14H,5,10,12H2,1-4H3,(H2,19,21,22). The number of rotatable bonds is 7. The zero-order valence-corrected chi connectivity index (χ0v) is 15.6. The van der Waals surface area contributed by atoms with Crippen LogP contribution in [0.4, 0.5) is 0 Å². The number of hydrogen-bond acceptors (Lipinski definition) is 4. The van der Waals surface area contributed by atoms with Gasteiger partial charge >= 0.3 is 0 Å². The molecule has 24 heavy (non-hydrogen) atoms. The molecule has 0 bridgehead atoms. The normalized spacial score (nSPS) is 12.8. The molecule has 2 rings (SSSR count). The van der Waals surface area contributed by atoms with Crippen molar-refractivity contribution in [3.63, 3.8) is 0 Å². The Balaban J connectivity index is 1.76. The number of aliphatic imine (C=N–C) groups is 1. The highest BCUT2D eigenvalue weighted by molar-refractivity contribution is 7.11. The van der Waals surface area contributed by atoms with Crippen molar-refractivity contribution in [2.45, 2.75) is 39.8 Å². The molecular formula is C18H26N4OS. The first-order valence-electron chi connectivity index (χ1n) is 8.22. The Hall–Kier alpha value is -2.08. The first-order chi connectivity index (χ1) is 11.6. The van der Waals surface area contributed by atoms with Crippen molar-refractivity contribution in [1.29, 1.82) is 0 Å². The lowest BCUT2D eigenvalue weighted by molar-refractivity contribution is 0.223. The van der Waals surface area contributed by atoms with Crippen LogP contribution in [0, 0.1) is 6.92 Å². The van der Waals surface area contributed by atoms with Crippen molar-refractivity contribution in [2.75, 3.05) is 13.6 Å². The molecule has 0 fully saturated rings. The van der Waals surface area contributed by atoms with Crippen LogP contribution in [0.1, 0.15) is 29.3 Å². The van der Waals surface area contributed by atoms with E-state index in [2.05, 4.69) is 40.5 Å². The van der Waals surface area contributed by atoms with Gasteiger partial charge in [-0.15, -0.1) is 11.3 Å². The van der Waals surface area contributed by atoms with Crippen molar-refractivity contribution in [1.82, 2.24) is 15.6 Å². The molecule has 1 heterocycles. The van der Waals surface area contributed by atoms with Crippen LogP contribution >= 0.6 is 11.3 Å². The second-order valence-corrected chi connectivity index (χ2v) is 6.83. The van der Waals surface area contributed by atoms with Crippen molar-refractivity contribution < 1.29 is 4.74 Å². The molecule has 1 aromatic carbocycles. The highest BCUT2D eigenvalue weighted by Crippen LogP contribution is 2.14. The van der Waals surface area contributed by atoms with Gasteiger partial charge in [-0.3, -0.25) is 4.99 Å². The van der Waals surface area contributed by atoms with Crippen LogP contribution in [0.5, 0.6) is 5.75 Å². The topological polar surface area (TPSA) is 58.5 Å². The number of hydrogen-bond donors (Lipinski definition) is 2. The van der Waals surface area contributed by atoms with E-state index in [4.69, 9.17) is 4.74 Å². The van der Waals surface area contributed by atoms with Gasteiger partial charge in [-0.2, -0.15) is 0 Å². The minimum atomic E-state index is 0.0388.